The highest BCUT2D eigenvalue weighted by Gasteiger charge is 2.35. The van der Waals surface area contributed by atoms with Crippen LogP contribution in [0.2, 0.25) is 0 Å². The number of carbonyl (C=O) groups is 3. The Morgan fingerprint density at radius 1 is 0.944 bits per heavy atom. The Bertz CT molecular complexity index is 1100. The van der Waals surface area contributed by atoms with E-state index in [4.69, 9.17) is 9.47 Å². The maximum absolute atomic E-state index is 13.2. The number of piperazine rings is 2. The number of hydrogen-bond donors (Lipinski definition) is 2. The predicted octanol–water partition coefficient (Wildman–Crippen LogP) is 0.889. The fourth-order valence-corrected chi connectivity index (χ4v) is 4.81. The lowest BCUT2D eigenvalue weighted by molar-refractivity contribution is -0.145. The molecular formula is C26H31N5O5. The quantitative estimate of drug-likeness (QED) is 0.591. The third kappa shape index (κ3) is 5.77. The van der Waals surface area contributed by atoms with Crippen molar-refractivity contribution in [3.8, 4) is 11.5 Å². The van der Waals surface area contributed by atoms with Crippen molar-refractivity contribution >= 4 is 23.4 Å². The van der Waals surface area contributed by atoms with Gasteiger partial charge in [-0.05, 0) is 17.7 Å². The van der Waals surface area contributed by atoms with Gasteiger partial charge in [-0.25, -0.2) is 0 Å². The molecule has 3 heterocycles. The van der Waals surface area contributed by atoms with Crippen molar-refractivity contribution in [3.63, 3.8) is 0 Å². The summed E-state index contributed by atoms with van der Waals surface area (Å²) in [6.45, 7) is 5.39. The number of hydrogen-bond acceptors (Lipinski definition) is 7. The minimum absolute atomic E-state index is 0.114. The Hall–Kier alpha value is -3.63. The molecule has 2 aromatic rings. The van der Waals surface area contributed by atoms with Crippen LogP contribution in [-0.2, 0) is 20.9 Å². The van der Waals surface area contributed by atoms with Crippen LogP contribution in [0.15, 0.2) is 48.5 Å². The Kier molecular flexibility index (Phi) is 7.33. The first kappa shape index (κ1) is 24.1. The summed E-state index contributed by atoms with van der Waals surface area (Å²) < 4.78 is 10.6. The van der Waals surface area contributed by atoms with Gasteiger partial charge < -0.3 is 25.0 Å². The smallest absolute Gasteiger partial charge is 0.243 e. The molecule has 10 nitrogen and oxygen atoms in total. The second-order valence-electron chi connectivity index (χ2n) is 9.25. The summed E-state index contributed by atoms with van der Waals surface area (Å²) >= 11 is 0. The minimum Gasteiger partial charge on any atom is -0.454 e. The van der Waals surface area contributed by atoms with E-state index in [2.05, 4.69) is 32.6 Å². The van der Waals surface area contributed by atoms with Gasteiger partial charge in [-0.15, -0.1) is 0 Å². The van der Waals surface area contributed by atoms with Crippen LogP contribution in [0.1, 0.15) is 12.0 Å². The molecule has 36 heavy (non-hydrogen) atoms. The van der Waals surface area contributed by atoms with Gasteiger partial charge in [0.05, 0.1) is 13.0 Å². The SMILES string of the molecule is O=C(C[C@H]1C(=O)NCCN1C(=O)CN1CCN(Cc2ccccc2)CC1)Nc1ccc2c(c1)OCO2. The number of anilines is 1. The van der Waals surface area contributed by atoms with E-state index in [1.165, 1.54) is 5.56 Å². The number of nitrogens with one attached hydrogen (secondary N) is 2. The topological polar surface area (TPSA) is 103 Å². The molecule has 2 aromatic carbocycles. The first-order chi connectivity index (χ1) is 17.5. The largest absolute Gasteiger partial charge is 0.454 e. The van der Waals surface area contributed by atoms with Crippen LogP contribution in [0, 0.1) is 0 Å². The Labute approximate surface area is 210 Å². The normalized spacial score (nSPS) is 20.2. The molecular weight excluding hydrogens is 462 g/mol. The zero-order valence-corrected chi connectivity index (χ0v) is 20.2. The van der Waals surface area contributed by atoms with E-state index in [9.17, 15) is 14.4 Å². The van der Waals surface area contributed by atoms with E-state index >= 15 is 0 Å². The van der Waals surface area contributed by atoms with Crippen molar-refractivity contribution < 1.29 is 23.9 Å². The number of amides is 3. The highest BCUT2D eigenvalue weighted by atomic mass is 16.7. The van der Waals surface area contributed by atoms with Gasteiger partial charge in [0, 0.05) is 57.6 Å². The summed E-state index contributed by atoms with van der Waals surface area (Å²) in [7, 11) is 0. The second-order valence-corrected chi connectivity index (χ2v) is 9.25. The van der Waals surface area contributed by atoms with E-state index < -0.39 is 6.04 Å². The maximum atomic E-state index is 13.2. The lowest BCUT2D eigenvalue weighted by Crippen LogP contribution is -2.60. The molecule has 0 unspecified atom stereocenters. The summed E-state index contributed by atoms with van der Waals surface area (Å²) in [6, 6.07) is 14.6. The van der Waals surface area contributed by atoms with E-state index in [0.717, 1.165) is 32.7 Å². The second kappa shape index (κ2) is 11.0. The van der Waals surface area contributed by atoms with Gasteiger partial charge in [-0.1, -0.05) is 30.3 Å². The lowest BCUT2D eigenvalue weighted by atomic mass is 10.1. The molecule has 1 atom stereocenters. The fourth-order valence-electron chi connectivity index (χ4n) is 4.81. The average Bonchev–Trinajstić information content (AvgIpc) is 3.35. The van der Waals surface area contributed by atoms with E-state index in [0.29, 0.717) is 30.3 Å². The van der Waals surface area contributed by atoms with Gasteiger partial charge in [0.2, 0.25) is 24.5 Å². The predicted molar refractivity (Wildman–Crippen MR) is 132 cm³/mol. The third-order valence-electron chi connectivity index (χ3n) is 6.76. The number of rotatable bonds is 7. The van der Waals surface area contributed by atoms with Crippen LogP contribution < -0.4 is 20.1 Å². The van der Waals surface area contributed by atoms with Crippen LogP contribution in [0.3, 0.4) is 0 Å². The summed E-state index contributed by atoms with van der Waals surface area (Å²) in [4.78, 5) is 44.6. The molecule has 0 bridgehead atoms. The Morgan fingerprint density at radius 2 is 1.69 bits per heavy atom. The summed E-state index contributed by atoms with van der Waals surface area (Å²) in [5, 5.41) is 5.58. The highest BCUT2D eigenvalue weighted by Crippen LogP contribution is 2.34. The molecule has 5 rings (SSSR count). The highest BCUT2D eigenvalue weighted by molar-refractivity contribution is 5.97. The van der Waals surface area contributed by atoms with Gasteiger partial charge in [0.1, 0.15) is 6.04 Å². The van der Waals surface area contributed by atoms with E-state index in [1.807, 2.05) is 18.2 Å². The number of ether oxygens (including phenoxy) is 2. The minimum atomic E-state index is -0.834. The monoisotopic (exact) mass is 493 g/mol. The molecule has 2 saturated heterocycles. The fraction of sp³-hybridized carbons (Fsp3) is 0.423. The first-order valence-corrected chi connectivity index (χ1v) is 12.3. The summed E-state index contributed by atoms with van der Waals surface area (Å²) in [6.07, 6.45) is -0.114. The van der Waals surface area contributed by atoms with E-state index in [-0.39, 0.29) is 37.5 Å². The van der Waals surface area contributed by atoms with Crippen molar-refractivity contribution in [2.24, 2.45) is 0 Å². The Morgan fingerprint density at radius 3 is 2.50 bits per heavy atom. The molecule has 3 aliphatic rings. The van der Waals surface area contributed by atoms with E-state index in [1.54, 1.807) is 23.1 Å². The Balaban J connectivity index is 1.13. The maximum Gasteiger partial charge on any atom is 0.243 e. The molecule has 3 amide bonds. The van der Waals surface area contributed by atoms with Crippen molar-refractivity contribution in [3.05, 3.63) is 54.1 Å². The van der Waals surface area contributed by atoms with Crippen molar-refractivity contribution in [1.29, 1.82) is 0 Å². The first-order valence-electron chi connectivity index (χ1n) is 12.3. The average molecular weight is 494 g/mol. The molecule has 190 valence electrons. The third-order valence-corrected chi connectivity index (χ3v) is 6.76. The summed E-state index contributed by atoms with van der Waals surface area (Å²) in [5.74, 6) is 0.412. The number of benzene rings is 2. The van der Waals surface area contributed by atoms with Gasteiger partial charge in [0.25, 0.3) is 0 Å². The summed E-state index contributed by atoms with van der Waals surface area (Å²) in [5.41, 5.74) is 1.83. The molecule has 0 aromatic heterocycles. The molecule has 3 aliphatic heterocycles. The molecule has 0 saturated carbocycles. The van der Waals surface area contributed by atoms with Gasteiger partial charge in [0.15, 0.2) is 11.5 Å². The van der Waals surface area contributed by atoms with Crippen LogP contribution in [-0.4, -0.2) is 91.1 Å². The van der Waals surface area contributed by atoms with Crippen LogP contribution in [0.4, 0.5) is 5.69 Å². The standard InChI is InChI=1S/C26H31N5O5/c32-24(28-20-6-7-22-23(14-20)36-18-35-22)15-21-26(34)27-8-9-31(21)25(33)17-30-12-10-29(11-13-30)16-19-4-2-1-3-5-19/h1-7,14,21H,8-13,15-18H2,(H,27,34)(H,28,32)/t21-/m0/s1. The molecule has 10 heteroatoms. The van der Waals surface area contributed by atoms with Crippen molar-refractivity contribution in [2.45, 2.75) is 19.0 Å². The van der Waals surface area contributed by atoms with Crippen molar-refractivity contribution in [1.82, 2.24) is 20.0 Å². The van der Waals surface area contributed by atoms with Crippen molar-refractivity contribution in [2.75, 3.05) is 57.9 Å². The van der Waals surface area contributed by atoms with Crippen LogP contribution in [0.25, 0.3) is 0 Å². The van der Waals surface area contributed by atoms with Crippen LogP contribution in [0.5, 0.6) is 11.5 Å². The lowest BCUT2D eigenvalue weighted by Gasteiger charge is -2.38. The zero-order valence-electron chi connectivity index (χ0n) is 20.2. The molecule has 0 aliphatic carbocycles. The van der Waals surface area contributed by atoms with Crippen LogP contribution >= 0.6 is 0 Å². The number of nitrogens with zero attached hydrogens (tertiary/aromatic N) is 3. The molecule has 0 radical (unpaired) electrons. The van der Waals surface area contributed by atoms with Gasteiger partial charge >= 0.3 is 0 Å². The number of fused-ring (bicyclic) bond motifs is 1. The molecule has 2 fully saturated rings. The van der Waals surface area contributed by atoms with Gasteiger partial charge in [-0.3, -0.25) is 24.2 Å². The zero-order chi connectivity index (χ0) is 24.9. The molecule has 0 spiro atoms. The molecule has 2 N–H and O–H groups in total. The van der Waals surface area contributed by atoms with Gasteiger partial charge in [-0.2, -0.15) is 0 Å². The number of carbonyl (C=O) groups excluding carboxylic acids is 3.